The van der Waals surface area contributed by atoms with Gasteiger partial charge in [-0.25, -0.2) is 0 Å². The molecule has 0 saturated heterocycles. The molecule has 6 heteroatoms. The second kappa shape index (κ2) is 12.3. The molecule has 1 unspecified atom stereocenters. The summed E-state index contributed by atoms with van der Waals surface area (Å²) in [6.07, 6.45) is 2.18. The van der Waals surface area contributed by atoms with Crippen LogP contribution in [-0.4, -0.2) is 24.5 Å². The van der Waals surface area contributed by atoms with Gasteiger partial charge < -0.3 is 20.7 Å². The van der Waals surface area contributed by atoms with Crippen LogP contribution in [0.4, 0.5) is 17.1 Å². The van der Waals surface area contributed by atoms with Gasteiger partial charge >= 0.3 is 0 Å². The topological polar surface area (TPSA) is 79.5 Å². The summed E-state index contributed by atoms with van der Waals surface area (Å²) < 4.78 is 5.81. The molecule has 0 aliphatic carbocycles. The molecule has 0 saturated carbocycles. The number of ether oxygens (including phenoxy) is 1. The van der Waals surface area contributed by atoms with Gasteiger partial charge in [-0.1, -0.05) is 43.3 Å². The number of hydrogen-bond donors (Lipinski definition) is 3. The Morgan fingerprint density at radius 3 is 2.15 bits per heavy atom. The molecule has 3 aromatic rings. The van der Waals surface area contributed by atoms with Gasteiger partial charge in [0.05, 0.1) is 12.6 Å². The summed E-state index contributed by atoms with van der Waals surface area (Å²) in [6.45, 7) is 4.23. The fourth-order valence-corrected chi connectivity index (χ4v) is 3.15. The minimum absolute atomic E-state index is 0.0422. The Morgan fingerprint density at radius 2 is 1.48 bits per heavy atom. The zero-order chi connectivity index (χ0) is 23.5. The van der Waals surface area contributed by atoms with E-state index in [1.54, 1.807) is 24.3 Å². The highest BCUT2D eigenvalue weighted by atomic mass is 16.5. The van der Waals surface area contributed by atoms with Crippen molar-refractivity contribution in [3.63, 3.8) is 0 Å². The van der Waals surface area contributed by atoms with E-state index in [-0.39, 0.29) is 24.5 Å². The van der Waals surface area contributed by atoms with E-state index in [2.05, 4.69) is 22.9 Å². The van der Waals surface area contributed by atoms with Gasteiger partial charge in [0.1, 0.15) is 5.75 Å². The summed E-state index contributed by atoms with van der Waals surface area (Å²) >= 11 is 0. The van der Waals surface area contributed by atoms with E-state index in [9.17, 15) is 9.59 Å². The lowest BCUT2D eigenvalue weighted by Gasteiger charge is -2.14. The highest BCUT2D eigenvalue weighted by Gasteiger charge is 2.06. The highest BCUT2D eigenvalue weighted by Crippen LogP contribution is 2.19. The summed E-state index contributed by atoms with van der Waals surface area (Å²) in [5.74, 6) is 0.568. The number of benzene rings is 3. The molecule has 0 aliphatic heterocycles. The molecule has 0 fully saturated rings. The van der Waals surface area contributed by atoms with Crippen molar-refractivity contribution in [1.29, 1.82) is 0 Å². The summed E-state index contributed by atoms with van der Waals surface area (Å²) in [7, 11) is 0. The minimum atomic E-state index is -0.164. The van der Waals surface area contributed by atoms with E-state index in [0.717, 1.165) is 23.4 Å². The molecule has 172 valence electrons. The quantitative estimate of drug-likeness (QED) is 0.365. The average Bonchev–Trinajstić information content (AvgIpc) is 2.83. The van der Waals surface area contributed by atoms with E-state index >= 15 is 0 Å². The molecular weight excluding hydrogens is 414 g/mol. The third-order valence-corrected chi connectivity index (χ3v) is 5.14. The first-order valence-corrected chi connectivity index (χ1v) is 11.3. The van der Waals surface area contributed by atoms with Crippen LogP contribution in [0.3, 0.4) is 0 Å². The molecule has 1 atom stereocenters. The van der Waals surface area contributed by atoms with Crippen LogP contribution < -0.4 is 20.7 Å². The molecule has 33 heavy (non-hydrogen) atoms. The number of nitrogens with one attached hydrogen (secondary N) is 3. The van der Waals surface area contributed by atoms with Crippen LogP contribution >= 0.6 is 0 Å². The lowest BCUT2D eigenvalue weighted by molar-refractivity contribution is -0.116. The third kappa shape index (κ3) is 8.33. The number of carbonyl (C=O) groups is 2. The van der Waals surface area contributed by atoms with Gasteiger partial charge in [0.15, 0.2) is 0 Å². The molecular formula is C27H31N3O3. The van der Waals surface area contributed by atoms with Crippen molar-refractivity contribution in [2.24, 2.45) is 0 Å². The van der Waals surface area contributed by atoms with Crippen molar-refractivity contribution in [3.8, 4) is 5.75 Å². The maximum Gasteiger partial charge on any atom is 0.243 e. The predicted octanol–water partition coefficient (Wildman–Crippen LogP) is 5.49. The molecule has 0 aromatic heterocycles. The second-order valence-electron chi connectivity index (χ2n) is 7.88. The second-order valence-corrected chi connectivity index (χ2v) is 7.88. The van der Waals surface area contributed by atoms with Crippen molar-refractivity contribution in [2.45, 2.75) is 39.2 Å². The molecule has 0 bridgehead atoms. The Kier molecular flexibility index (Phi) is 8.88. The van der Waals surface area contributed by atoms with Crippen molar-refractivity contribution in [2.75, 3.05) is 22.5 Å². The van der Waals surface area contributed by atoms with Crippen LogP contribution in [0.25, 0.3) is 0 Å². The number of carbonyl (C=O) groups excluding carboxylic acids is 2. The number of amides is 2. The Labute approximate surface area is 195 Å². The van der Waals surface area contributed by atoms with Gasteiger partial charge in [-0.15, -0.1) is 0 Å². The zero-order valence-electron chi connectivity index (χ0n) is 19.1. The standard InChI is InChI=1S/C27H31N3O3/c1-3-20(2)33-25-11-7-10-24(18-25)28-19-27(32)30-23-15-13-22(14-16-23)29-26(31)17-12-21-8-5-4-6-9-21/h4-11,13-16,18,20,28H,3,12,17,19H2,1-2H3,(H,29,31)(H,30,32). The predicted molar refractivity (Wildman–Crippen MR) is 134 cm³/mol. The number of aryl methyl sites for hydroxylation is 1. The Balaban J connectivity index is 1.42. The number of rotatable bonds is 11. The lowest BCUT2D eigenvalue weighted by atomic mass is 10.1. The van der Waals surface area contributed by atoms with Gasteiger partial charge in [0.2, 0.25) is 11.8 Å². The van der Waals surface area contributed by atoms with E-state index in [1.165, 1.54) is 0 Å². The highest BCUT2D eigenvalue weighted by molar-refractivity contribution is 5.94. The van der Waals surface area contributed by atoms with E-state index < -0.39 is 0 Å². The monoisotopic (exact) mass is 445 g/mol. The van der Waals surface area contributed by atoms with Gasteiger partial charge in [-0.2, -0.15) is 0 Å². The smallest absolute Gasteiger partial charge is 0.243 e. The Hall–Kier alpha value is -3.80. The lowest BCUT2D eigenvalue weighted by Crippen LogP contribution is -2.21. The van der Waals surface area contributed by atoms with Crippen molar-refractivity contribution < 1.29 is 14.3 Å². The van der Waals surface area contributed by atoms with Crippen molar-refractivity contribution in [3.05, 3.63) is 84.4 Å². The van der Waals surface area contributed by atoms with Crippen LogP contribution in [0.1, 0.15) is 32.3 Å². The summed E-state index contributed by atoms with van der Waals surface area (Å²) in [5, 5.41) is 8.85. The maximum absolute atomic E-state index is 12.3. The van der Waals surface area contributed by atoms with Crippen molar-refractivity contribution >= 4 is 28.9 Å². The minimum Gasteiger partial charge on any atom is -0.491 e. The molecule has 3 rings (SSSR count). The van der Waals surface area contributed by atoms with Gasteiger partial charge in [-0.05, 0) is 61.7 Å². The normalized spacial score (nSPS) is 11.3. The molecule has 0 radical (unpaired) electrons. The molecule has 3 aromatic carbocycles. The first kappa shape index (κ1) is 23.9. The van der Waals surface area contributed by atoms with E-state index in [0.29, 0.717) is 24.2 Å². The maximum atomic E-state index is 12.3. The van der Waals surface area contributed by atoms with Crippen LogP contribution in [0.15, 0.2) is 78.9 Å². The first-order chi connectivity index (χ1) is 16.0. The summed E-state index contributed by atoms with van der Waals surface area (Å²) in [5.41, 5.74) is 3.31. The molecule has 2 amide bonds. The first-order valence-electron chi connectivity index (χ1n) is 11.3. The Morgan fingerprint density at radius 1 is 0.818 bits per heavy atom. The molecule has 0 heterocycles. The largest absolute Gasteiger partial charge is 0.491 e. The fraction of sp³-hybridized carbons (Fsp3) is 0.259. The number of hydrogen-bond acceptors (Lipinski definition) is 4. The number of anilines is 3. The summed E-state index contributed by atoms with van der Waals surface area (Å²) in [4.78, 5) is 24.5. The van der Waals surface area contributed by atoms with Crippen LogP contribution in [0, 0.1) is 0 Å². The van der Waals surface area contributed by atoms with Gasteiger partial charge in [0.25, 0.3) is 0 Å². The van der Waals surface area contributed by atoms with Crippen LogP contribution in [0.5, 0.6) is 5.75 Å². The molecule has 3 N–H and O–H groups in total. The summed E-state index contributed by atoms with van der Waals surface area (Å²) in [6, 6.07) is 24.6. The van der Waals surface area contributed by atoms with Crippen LogP contribution in [0.2, 0.25) is 0 Å². The molecule has 6 nitrogen and oxygen atoms in total. The van der Waals surface area contributed by atoms with Gasteiger partial charge in [-0.3, -0.25) is 9.59 Å². The van der Waals surface area contributed by atoms with E-state index in [1.807, 2.05) is 61.5 Å². The SMILES string of the molecule is CCC(C)Oc1cccc(NCC(=O)Nc2ccc(NC(=O)CCc3ccccc3)cc2)c1. The molecule has 0 aliphatic rings. The van der Waals surface area contributed by atoms with Crippen LogP contribution in [-0.2, 0) is 16.0 Å². The van der Waals surface area contributed by atoms with Gasteiger partial charge in [0, 0.05) is 29.5 Å². The zero-order valence-corrected chi connectivity index (χ0v) is 19.1. The average molecular weight is 446 g/mol. The fourth-order valence-electron chi connectivity index (χ4n) is 3.15. The Bertz CT molecular complexity index is 1040. The molecule has 0 spiro atoms. The third-order valence-electron chi connectivity index (χ3n) is 5.14. The van der Waals surface area contributed by atoms with E-state index in [4.69, 9.17) is 4.74 Å². The van der Waals surface area contributed by atoms with Crippen molar-refractivity contribution in [1.82, 2.24) is 0 Å².